The number of para-hydroxylation sites is 1. The zero-order chi connectivity index (χ0) is 9.97. The van der Waals surface area contributed by atoms with Gasteiger partial charge < -0.3 is 5.73 Å². The minimum atomic E-state index is 0.252. The third kappa shape index (κ3) is 1.37. The van der Waals surface area contributed by atoms with Gasteiger partial charge in [-0.25, -0.2) is 4.68 Å². The number of rotatable bonds is 3. The largest absolute Gasteiger partial charge is 0.328 e. The van der Waals surface area contributed by atoms with Gasteiger partial charge in [0.05, 0.1) is 11.6 Å². The Morgan fingerprint density at radius 2 is 2.21 bits per heavy atom. The van der Waals surface area contributed by atoms with Crippen LogP contribution in [0.1, 0.15) is 19.4 Å². The van der Waals surface area contributed by atoms with Gasteiger partial charge in [-0.05, 0) is 18.6 Å². The number of benzene rings is 1. The second-order valence-corrected chi connectivity index (χ2v) is 3.32. The summed E-state index contributed by atoms with van der Waals surface area (Å²) in [5.74, 6) is 0. The van der Waals surface area contributed by atoms with Crippen LogP contribution in [0.5, 0.6) is 0 Å². The van der Waals surface area contributed by atoms with Crippen molar-refractivity contribution < 1.29 is 0 Å². The predicted octanol–water partition coefficient (Wildman–Crippen LogP) is 1.34. The molecular weight excluding hydrogens is 176 g/mol. The lowest BCUT2D eigenvalue weighted by Gasteiger charge is -2.12. The zero-order valence-electron chi connectivity index (χ0n) is 8.22. The molecule has 1 unspecified atom stereocenters. The lowest BCUT2D eigenvalue weighted by molar-refractivity contribution is 0.451. The average molecular weight is 190 g/mol. The van der Waals surface area contributed by atoms with Crippen LogP contribution < -0.4 is 5.73 Å². The summed E-state index contributed by atoms with van der Waals surface area (Å²) < 4.78 is 1.91. The summed E-state index contributed by atoms with van der Waals surface area (Å²) in [5, 5.41) is 8.22. The van der Waals surface area contributed by atoms with Crippen LogP contribution in [0.2, 0.25) is 0 Å². The topological polar surface area (TPSA) is 56.7 Å². The highest BCUT2D eigenvalue weighted by atomic mass is 15.4. The summed E-state index contributed by atoms with van der Waals surface area (Å²) in [5.41, 5.74) is 7.67. The molecule has 1 atom stereocenters. The van der Waals surface area contributed by atoms with Gasteiger partial charge in [-0.2, -0.15) is 0 Å². The number of fused-ring (bicyclic) bond motifs is 1. The van der Waals surface area contributed by atoms with Crippen molar-refractivity contribution in [2.24, 2.45) is 5.73 Å². The molecule has 0 aliphatic rings. The van der Waals surface area contributed by atoms with Crippen molar-refractivity contribution in [3.8, 4) is 0 Å². The van der Waals surface area contributed by atoms with Crippen molar-refractivity contribution in [1.29, 1.82) is 0 Å². The van der Waals surface area contributed by atoms with E-state index in [1.165, 1.54) is 0 Å². The summed E-state index contributed by atoms with van der Waals surface area (Å²) >= 11 is 0. The standard InChI is InChI=1S/C10H14N4/c1-2-8(7-11)14-10-6-4-3-5-9(10)12-13-14/h3-6,8H,2,7,11H2,1H3. The molecule has 2 aromatic rings. The van der Waals surface area contributed by atoms with E-state index in [-0.39, 0.29) is 6.04 Å². The van der Waals surface area contributed by atoms with Gasteiger partial charge in [0.15, 0.2) is 0 Å². The Balaban J connectivity index is 2.51. The van der Waals surface area contributed by atoms with Crippen LogP contribution in [-0.2, 0) is 0 Å². The van der Waals surface area contributed by atoms with Crippen molar-refractivity contribution in [1.82, 2.24) is 15.0 Å². The number of nitrogens with zero attached hydrogens (tertiary/aromatic N) is 3. The fraction of sp³-hybridized carbons (Fsp3) is 0.400. The van der Waals surface area contributed by atoms with Crippen LogP contribution in [0.25, 0.3) is 11.0 Å². The van der Waals surface area contributed by atoms with Gasteiger partial charge in [-0.15, -0.1) is 5.10 Å². The van der Waals surface area contributed by atoms with Gasteiger partial charge >= 0.3 is 0 Å². The Morgan fingerprint density at radius 1 is 1.43 bits per heavy atom. The van der Waals surface area contributed by atoms with Crippen molar-refractivity contribution in [2.45, 2.75) is 19.4 Å². The Morgan fingerprint density at radius 3 is 2.93 bits per heavy atom. The molecule has 1 heterocycles. The summed E-state index contributed by atoms with van der Waals surface area (Å²) in [4.78, 5) is 0. The van der Waals surface area contributed by atoms with Gasteiger partial charge in [0.25, 0.3) is 0 Å². The predicted molar refractivity (Wildman–Crippen MR) is 55.9 cm³/mol. The lowest BCUT2D eigenvalue weighted by Crippen LogP contribution is -2.19. The number of hydrogen-bond acceptors (Lipinski definition) is 3. The maximum absolute atomic E-state index is 5.68. The highest BCUT2D eigenvalue weighted by molar-refractivity contribution is 5.73. The van der Waals surface area contributed by atoms with Gasteiger partial charge in [-0.3, -0.25) is 0 Å². The van der Waals surface area contributed by atoms with E-state index >= 15 is 0 Å². The van der Waals surface area contributed by atoms with Crippen molar-refractivity contribution in [3.05, 3.63) is 24.3 Å². The van der Waals surface area contributed by atoms with E-state index in [1.54, 1.807) is 0 Å². The van der Waals surface area contributed by atoms with E-state index in [4.69, 9.17) is 5.73 Å². The molecule has 1 aromatic heterocycles. The molecule has 2 N–H and O–H groups in total. The van der Waals surface area contributed by atoms with E-state index in [9.17, 15) is 0 Å². The zero-order valence-corrected chi connectivity index (χ0v) is 8.22. The summed E-state index contributed by atoms with van der Waals surface area (Å²) in [7, 11) is 0. The van der Waals surface area contributed by atoms with Crippen LogP contribution in [0.15, 0.2) is 24.3 Å². The first-order chi connectivity index (χ1) is 6.86. The summed E-state index contributed by atoms with van der Waals surface area (Å²) in [6.07, 6.45) is 0.976. The maximum atomic E-state index is 5.68. The molecule has 4 heteroatoms. The molecule has 0 bridgehead atoms. The monoisotopic (exact) mass is 190 g/mol. The van der Waals surface area contributed by atoms with Crippen LogP contribution in [-0.4, -0.2) is 21.5 Å². The van der Waals surface area contributed by atoms with Crippen LogP contribution in [0, 0.1) is 0 Å². The van der Waals surface area contributed by atoms with E-state index in [0.717, 1.165) is 17.5 Å². The van der Waals surface area contributed by atoms with Crippen LogP contribution in [0.4, 0.5) is 0 Å². The molecule has 0 radical (unpaired) electrons. The fourth-order valence-electron chi connectivity index (χ4n) is 1.60. The molecule has 74 valence electrons. The van der Waals surface area contributed by atoms with E-state index in [0.29, 0.717) is 6.54 Å². The molecule has 1 aromatic carbocycles. The van der Waals surface area contributed by atoms with Gasteiger partial charge in [0, 0.05) is 6.54 Å². The SMILES string of the molecule is CCC(CN)n1nnc2ccccc21. The van der Waals surface area contributed by atoms with Crippen LogP contribution >= 0.6 is 0 Å². The van der Waals surface area contributed by atoms with Crippen molar-refractivity contribution >= 4 is 11.0 Å². The van der Waals surface area contributed by atoms with Crippen molar-refractivity contribution in [3.63, 3.8) is 0 Å². The van der Waals surface area contributed by atoms with Gasteiger partial charge in [0.1, 0.15) is 5.52 Å². The lowest BCUT2D eigenvalue weighted by atomic mass is 10.2. The minimum Gasteiger partial charge on any atom is -0.328 e. The quantitative estimate of drug-likeness (QED) is 0.794. The normalized spacial score (nSPS) is 13.3. The average Bonchev–Trinajstić information content (AvgIpc) is 2.65. The molecule has 0 aliphatic carbocycles. The third-order valence-electron chi connectivity index (χ3n) is 2.47. The van der Waals surface area contributed by atoms with E-state index < -0.39 is 0 Å². The second kappa shape index (κ2) is 3.75. The van der Waals surface area contributed by atoms with Crippen molar-refractivity contribution in [2.75, 3.05) is 6.54 Å². The van der Waals surface area contributed by atoms with E-state index in [1.807, 2.05) is 28.9 Å². The molecule has 0 saturated heterocycles. The molecule has 0 fully saturated rings. The maximum Gasteiger partial charge on any atom is 0.113 e. The number of aromatic nitrogens is 3. The summed E-state index contributed by atoms with van der Waals surface area (Å²) in [6.45, 7) is 2.71. The Bertz CT molecular complexity index is 417. The smallest absolute Gasteiger partial charge is 0.113 e. The Kier molecular flexibility index (Phi) is 2.45. The first-order valence-electron chi connectivity index (χ1n) is 4.86. The molecule has 2 rings (SSSR count). The number of nitrogens with two attached hydrogens (primary N) is 1. The third-order valence-corrected chi connectivity index (χ3v) is 2.47. The molecule has 14 heavy (non-hydrogen) atoms. The molecular formula is C10H14N4. The van der Waals surface area contributed by atoms with Gasteiger partial charge in [0.2, 0.25) is 0 Å². The molecule has 0 aliphatic heterocycles. The highest BCUT2D eigenvalue weighted by Crippen LogP contribution is 2.16. The first-order valence-corrected chi connectivity index (χ1v) is 4.86. The van der Waals surface area contributed by atoms with Gasteiger partial charge in [-0.1, -0.05) is 24.3 Å². The molecule has 0 spiro atoms. The van der Waals surface area contributed by atoms with Crippen LogP contribution in [0.3, 0.4) is 0 Å². The molecule has 0 amide bonds. The Hall–Kier alpha value is -1.42. The minimum absolute atomic E-state index is 0.252. The number of hydrogen-bond donors (Lipinski definition) is 1. The first kappa shape index (κ1) is 9.15. The van der Waals surface area contributed by atoms with E-state index in [2.05, 4.69) is 17.2 Å². The molecule has 0 saturated carbocycles. The summed E-state index contributed by atoms with van der Waals surface area (Å²) in [6, 6.07) is 8.19. The fourth-order valence-corrected chi connectivity index (χ4v) is 1.60. The molecule has 4 nitrogen and oxygen atoms in total. The Labute approximate surface area is 82.7 Å². The second-order valence-electron chi connectivity index (χ2n) is 3.32. The highest BCUT2D eigenvalue weighted by Gasteiger charge is 2.11.